The number of nitrogens with one attached hydrogen (secondary N) is 1. The minimum absolute atomic E-state index is 0.182. The van der Waals surface area contributed by atoms with Gasteiger partial charge in [-0.2, -0.15) is 0 Å². The Bertz CT molecular complexity index is 797. The van der Waals surface area contributed by atoms with Crippen molar-refractivity contribution in [1.29, 1.82) is 0 Å². The van der Waals surface area contributed by atoms with Crippen molar-refractivity contribution in [3.05, 3.63) is 58.3 Å². The van der Waals surface area contributed by atoms with E-state index < -0.39 is 5.97 Å². The number of carboxylic acids is 1. The second-order valence-corrected chi connectivity index (χ2v) is 6.30. The number of hydrogen-bond acceptors (Lipinski definition) is 6. The van der Waals surface area contributed by atoms with Crippen molar-refractivity contribution in [2.75, 3.05) is 5.32 Å². The number of anilines is 1. The van der Waals surface area contributed by atoms with E-state index in [2.05, 4.69) is 10.3 Å². The van der Waals surface area contributed by atoms with Crippen LogP contribution in [0.4, 0.5) is 5.13 Å². The summed E-state index contributed by atoms with van der Waals surface area (Å²) in [4.78, 5) is 16.1. The first-order valence-electron chi connectivity index (χ1n) is 6.83. The SMILES string of the molecule is O=C([O-])Cc1sc(NCc2ccco2)nc1-c1ccc(Cl)cc1. The zero-order valence-electron chi connectivity index (χ0n) is 11.9. The van der Waals surface area contributed by atoms with Gasteiger partial charge in [-0.15, -0.1) is 11.3 Å². The lowest BCUT2D eigenvalue weighted by molar-refractivity contribution is -0.304. The molecule has 0 unspecified atom stereocenters. The number of benzene rings is 1. The largest absolute Gasteiger partial charge is 0.550 e. The maximum absolute atomic E-state index is 11.0. The van der Waals surface area contributed by atoms with Crippen molar-refractivity contribution >= 4 is 34.0 Å². The van der Waals surface area contributed by atoms with Gasteiger partial charge in [0.1, 0.15) is 5.76 Å². The summed E-state index contributed by atoms with van der Waals surface area (Å²) >= 11 is 7.18. The molecule has 5 nitrogen and oxygen atoms in total. The molecule has 0 saturated heterocycles. The molecule has 0 bridgehead atoms. The molecule has 0 radical (unpaired) electrons. The molecule has 2 heterocycles. The topological polar surface area (TPSA) is 78.2 Å². The second kappa shape index (κ2) is 6.85. The molecule has 0 aliphatic rings. The lowest BCUT2D eigenvalue weighted by atomic mass is 10.1. The molecule has 0 fully saturated rings. The van der Waals surface area contributed by atoms with Crippen LogP contribution in [0, 0.1) is 0 Å². The number of carbonyl (C=O) groups is 1. The molecule has 0 aliphatic heterocycles. The molecular weight excluding hydrogens is 336 g/mol. The number of carboxylic acid groups (broad SMARTS) is 1. The zero-order valence-corrected chi connectivity index (χ0v) is 13.5. The Balaban J connectivity index is 1.86. The summed E-state index contributed by atoms with van der Waals surface area (Å²) in [6.45, 7) is 0.478. The maximum Gasteiger partial charge on any atom is 0.183 e. The molecule has 0 aliphatic carbocycles. The number of carbonyl (C=O) groups excluding carboxylic acids is 1. The van der Waals surface area contributed by atoms with E-state index in [0.29, 0.717) is 27.3 Å². The van der Waals surface area contributed by atoms with Gasteiger partial charge in [-0.1, -0.05) is 23.7 Å². The summed E-state index contributed by atoms with van der Waals surface area (Å²) < 4.78 is 5.25. The average Bonchev–Trinajstić information content (AvgIpc) is 3.15. The second-order valence-electron chi connectivity index (χ2n) is 4.78. The Labute approximate surface area is 141 Å². The van der Waals surface area contributed by atoms with Crippen LogP contribution in [-0.4, -0.2) is 11.0 Å². The predicted octanol–water partition coefficient (Wildman–Crippen LogP) is 2.96. The van der Waals surface area contributed by atoms with Gasteiger partial charge in [-0.05, 0) is 24.3 Å². The fourth-order valence-electron chi connectivity index (χ4n) is 2.09. The normalized spacial score (nSPS) is 10.7. The van der Waals surface area contributed by atoms with Crippen LogP contribution in [0.15, 0.2) is 47.1 Å². The summed E-state index contributed by atoms with van der Waals surface area (Å²) in [7, 11) is 0. The summed E-state index contributed by atoms with van der Waals surface area (Å²) in [6.07, 6.45) is 1.41. The van der Waals surface area contributed by atoms with E-state index in [1.807, 2.05) is 18.2 Å². The summed E-state index contributed by atoms with van der Waals surface area (Å²) in [5.41, 5.74) is 1.44. The molecule has 118 valence electrons. The lowest BCUT2D eigenvalue weighted by Crippen LogP contribution is -2.24. The third-order valence-electron chi connectivity index (χ3n) is 3.11. The van der Waals surface area contributed by atoms with E-state index in [9.17, 15) is 9.90 Å². The highest BCUT2D eigenvalue weighted by Crippen LogP contribution is 2.32. The number of furan rings is 1. The number of thiazole rings is 1. The third kappa shape index (κ3) is 3.91. The Kier molecular flexibility index (Phi) is 4.64. The van der Waals surface area contributed by atoms with Crippen LogP contribution in [0.1, 0.15) is 10.6 Å². The van der Waals surface area contributed by atoms with Crippen LogP contribution in [0.3, 0.4) is 0 Å². The first-order valence-corrected chi connectivity index (χ1v) is 8.03. The molecule has 1 N–H and O–H groups in total. The van der Waals surface area contributed by atoms with Crippen LogP contribution in [0.5, 0.6) is 0 Å². The first kappa shape index (κ1) is 15.6. The van der Waals surface area contributed by atoms with Crippen LogP contribution in [0.2, 0.25) is 5.02 Å². The van der Waals surface area contributed by atoms with Gasteiger partial charge in [-0.3, -0.25) is 0 Å². The molecule has 0 spiro atoms. The van der Waals surface area contributed by atoms with Crippen molar-refractivity contribution in [2.45, 2.75) is 13.0 Å². The van der Waals surface area contributed by atoms with Gasteiger partial charge in [0.05, 0.1) is 18.5 Å². The van der Waals surface area contributed by atoms with Gasteiger partial charge >= 0.3 is 0 Å². The summed E-state index contributed by atoms with van der Waals surface area (Å²) in [6, 6.07) is 10.8. The Morgan fingerprint density at radius 1 is 1.30 bits per heavy atom. The molecule has 3 rings (SSSR count). The number of nitrogens with zero attached hydrogens (tertiary/aromatic N) is 1. The fraction of sp³-hybridized carbons (Fsp3) is 0.125. The highest BCUT2D eigenvalue weighted by molar-refractivity contribution is 7.16. The highest BCUT2D eigenvalue weighted by Gasteiger charge is 2.13. The molecule has 23 heavy (non-hydrogen) atoms. The van der Waals surface area contributed by atoms with Crippen molar-refractivity contribution in [3.63, 3.8) is 0 Å². The quantitative estimate of drug-likeness (QED) is 0.741. The van der Waals surface area contributed by atoms with Gasteiger partial charge in [0.15, 0.2) is 5.13 Å². The van der Waals surface area contributed by atoms with Crippen molar-refractivity contribution in [3.8, 4) is 11.3 Å². The van der Waals surface area contributed by atoms with Crippen LogP contribution >= 0.6 is 22.9 Å². The van der Waals surface area contributed by atoms with Gasteiger partial charge < -0.3 is 19.6 Å². The molecule has 0 atom stereocenters. The standard InChI is InChI=1S/C16H13ClN2O3S/c17-11-5-3-10(4-6-11)15-13(8-14(20)21)23-16(19-15)18-9-12-2-1-7-22-12/h1-7H,8-9H2,(H,18,19)(H,20,21)/p-1. The predicted molar refractivity (Wildman–Crippen MR) is 87.3 cm³/mol. The maximum atomic E-state index is 11.0. The smallest absolute Gasteiger partial charge is 0.183 e. The number of halogens is 1. The van der Waals surface area contributed by atoms with E-state index in [-0.39, 0.29) is 6.42 Å². The van der Waals surface area contributed by atoms with Gasteiger partial charge in [0.25, 0.3) is 0 Å². The van der Waals surface area contributed by atoms with Gasteiger partial charge in [-0.25, -0.2) is 4.98 Å². The Morgan fingerprint density at radius 2 is 2.09 bits per heavy atom. The van der Waals surface area contributed by atoms with Crippen molar-refractivity contribution < 1.29 is 14.3 Å². The summed E-state index contributed by atoms with van der Waals surface area (Å²) in [5, 5.41) is 15.3. The van der Waals surface area contributed by atoms with Crippen LogP contribution in [-0.2, 0) is 17.8 Å². The molecule has 0 amide bonds. The molecule has 3 aromatic rings. The fourth-order valence-corrected chi connectivity index (χ4v) is 3.18. The first-order chi connectivity index (χ1) is 11.1. The molecule has 0 saturated carbocycles. The number of hydrogen-bond donors (Lipinski definition) is 1. The third-order valence-corrected chi connectivity index (χ3v) is 4.38. The zero-order chi connectivity index (χ0) is 16.2. The van der Waals surface area contributed by atoms with Crippen molar-refractivity contribution in [1.82, 2.24) is 4.98 Å². The number of aromatic nitrogens is 1. The van der Waals surface area contributed by atoms with Gasteiger partial charge in [0.2, 0.25) is 0 Å². The number of aliphatic carboxylic acids is 1. The van der Waals surface area contributed by atoms with Crippen LogP contribution in [0.25, 0.3) is 11.3 Å². The highest BCUT2D eigenvalue weighted by atomic mass is 35.5. The summed E-state index contributed by atoms with van der Waals surface area (Å²) in [5.74, 6) is -0.365. The minimum Gasteiger partial charge on any atom is -0.550 e. The Hall–Kier alpha value is -2.31. The van der Waals surface area contributed by atoms with E-state index >= 15 is 0 Å². The van der Waals surface area contributed by atoms with E-state index in [1.54, 1.807) is 24.5 Å². The molecule has 2 aromatic heterocycles. The number of rotatable bonds is 6. The minimum atomic E-state index is -1.14. The van der Waals surface area contributed by atoms with E-state index in [1.165, 1.54) is 11.3 Å². The Morgan fingerprint density at radius 3 is 2.74 bits per heavy atom. The molecule has 7 heteroatoms. The van der Waals surface area contributed by atoms with E-state index in [4.69, 9.17) is 16.0 Å². The van der Waals surface area contributed by atoms with Crippen molar-refractivity contribution in [2.24, 2.45) is 0 Å². The molecular formula is C16H12ClN2O3S-. The van der Waals surface area contributed by atoms with Gasteiger partial charge in [0, 0.05) is 27.9 Å². The lowest BCUT2D eigenvalue weighted by Gasteiger charge is -2.03. The van der Waals surface area contributed by atoms with E-state index in [0.717, 1.165) is 11.3 Å². The monoisotopic (exact) mass is 347 g/mol. The van der Waals surface area contributed by atoms with Crippen LogP contribution < -0.4 is 10.4 Å². The average molecular weight is 348 g/mol. The molecule has 1 aromatic carbocycles.